The van der Waals surface area contributed by atoms with Crippen molar-refractivity contribution >= 4 is 28.7 Å². The molecule has 0 aliphatic rings. The first-order chi connectivity index (χ1) is 9.01. The summed E-state index contributed by atoms with van der Waals surface area (Å²) in [6.45, 7) is 6.48. The lowest BCUT2D eigenvalue weighted by atomic mass is 10.1. The molecule has 19 heavy (non-hydrogen) atoms. The maximum Gasteiger partial charge on any atom is 0.145 e. The van der Waals surface area contributed by atoms with Gasteiger partial charge in [-0.2, -0.15) is 5.10 Å². The number of rotatable bonds is 5. The summed E-state index contributed by atoms with van der Waals surface area (Å²) in [5, 5.41) is 7.73. The highest BCUT2D eigenvalue weighted by molar-refractivity contribution is 7.09. The molecule has 0 radical (unpaired) electrons. The van der Waals surface area contributed by atoms with Gasteiger partial charge in [-0.15, -0.1) is 11.3 Å². The van der Waals surface area contributed by atoms with Crippen LogP contribution in [0.15, 0.2) is 5.38 Å². The van der Waals surface area contributed by atoms with Crippen LogP contribution in [0.2, 0.25) is 5.02 Å². The third-order valence-corrected chi connectivity index (χ3v) is 4.29. The Morgan fingerprint density at radius 1 is 1.42 bits per heavy atom. The number of nitrogens with zero attached hydrogens (tertiary/aromatic N) is 3. The van der Waals surface area contributed by atoms with E-state index in [-0.39, 0.29) is 5.78 Å². The number of hydrogen-bond acceptors (Lipinski definition) is 4. The van der Waals surface area contributed by atoms with Crippen molar-refractivity contribution < 1.29 is 4.79 Å². The molecule has 2 rings (SSSR count). The van der Waals surface area contributed by atoms with Crippen LogP contribution in [0.3, 0.4) is 0 Å². The number of ketones is 1. The van der Waals surface area contributed by atoms with Gasteiger partial charge in [-0.1, -0.05) is 11.6 Å². The van der Waals surface area contributed by atoms with E-state index in [2.05, 4.69) is 10.1 Å². The smallest absolute Gasteiger partial charge is 0.145 e. The van der Waals surface area contributed by atoms with Gasteiger partial charge in [0.25, 0.3) is 0 Å². The Balaban J connectivity index is 2.10. The second-order valence-corrected chi connectivity index (χ2v) is 5.76. The van der Waals surface area contributed by atoms with Gasteiger partial charge in [0.15, 0.2) is 0 Å². The summed E-state index contributed by atoms with van der Waals surface area (Å²) in [4.78, 5) is 16.4. The van der Waals surface area contributed by atoms with Crippen LogP contribution >= 0.6 is 22.9 Å². The third kappa shape index (κ3) is 3.22. The second-order valence-electron chi connectivity index (χ2n) is 4.44. The van der Waals surface area contributed by atoms with Gasteiger partial charge >= 0.3 is 0 Å². The van der Waals surface area contributed by atoms with Gasteiger partial charge in [0.05, 0.1) is 29.3 Å². The topological polar surface area (TPSA) is 47.8 Å². The zero-order valence-electron chi connectivity index (χ0n) is 11.2. The molecule has 0 atom stereocenters. The molecule has 0 saturated heterocycles. The summed E-state index contributed by atoms with van der Waals surface area (Å²) in [5.41, 5.74) is 2.54. The largest absolute Gasteiger partial charge is 0.299 e. The highest BCUT2D eigenvalue weighted by Gasteiger charge is 2.16. The maximum atomic E-state index is 12.1. The van der Waals surface area contributed by atoms with Gasteiger partial charge in [-0.3, -0.25) is 9.48 Å². The summed E-state index contributed by atoms with van der Waals surface area (Å²) in [6.07, 6.45) is 0.676. The molecule has 2 heterocycles. The average molecular weight is 298 g/mol. The molecule has 0 aliphatic carbocycles. The van der Waals surface area contributed by atoms with Crippen molar-refractivity contribution in [3.63, 3.8) is 0 Å². The lowest BCUT2D eigenvalue weighted by Gasteiger charge is -2.04. The monoisotopic (exact) mass is 297 g/mol. The predicted octanol–water partition coefficient (Wildman–Crippen LogP) is 2.98. The quantitative estimate of drug-likeness (QED) is 0.852. The fourth-order valence-corrected chi connectivity index (χ4v) is 2.94. The molecule has 4 nitrogen and oxygen atoms in total. The summed E-state index contributed by atoms with van der Waals surface area (Å²) >= 11 is 7.72. The van der Waals surface area contributed by atoms with E-state index in [9.17, 15) is 4.79 Å². The van der Waals surface area contributed by atoms with Crippen LogP contribution in [-0.2, 0) is 24.2 Å². The molecule has 0 spiro atoms. The minimum Gasteiger partial charge on any atom is -0.299 e. The molecule has 0 aliphatic heterocycles. The Morgan fingerprint density at radius 3 is 2.74 bits per heavy atom. The van der Waals surface area contributed by atoms with Crippen LogP contribution in [0.1, 0.15) is 29.0 Å². The van der Waals surface area contributed by atoms with Crippen LogP contribution in [0.25, 0.3) is 0 Å². The summed E-state index contributed by atoms with van der Waals surface area (Å²) in [7, 11) is 0. The Bertz CT molecular complexity index is 603. The Labute approximate surface area is 121 Å². The zero-order chi connectivity index (χ0) is 14.0. The van der Waals surface area contributed by atoms with Crippen molar-refractivity contribution in [2.24, 2.45) is 0 Å². The first kappa shape index (κ1) is 14.2. The molecular formula is C13H16ClN3OS. The molecule has 0 saturated carbocycles. The van der Waals surface area contributed by atoms with E-state index in [1.54, 1.807) is 4.68 Å². The lowest BCUT2D eigenvalue weighted by Crippen LogP contribution is -2.11. The van der Waals surface area contributed by atoms with E-state index in [0.29, 0.717) is 24.4 Å². The third-order valence-electron chi connectivity index (χ3n) is 2.83. The molecule has 6 heteroatoms. The number of aromatic nitrogens is 3. The van der Waals surface area contributed by atoms with E-state index in [1.807, 2.05) is 26.2 Å². The van der Waals surface area contributed by atoms with Crippen molar-refractivity contribution in [3.05, 3.63) is 32.5 Å². The van der Waals surface area contributed by atoms with Crippen LogP contribution < -0.4 is 0 Å². The van der Waals surface area contributed by atoms with Crippen LogP contribution in [0.4, 0.5) is 0 Å². The van der Waals surface area contributed by atoms with E-state index in [1.165, 1.54) is 11.3 Å². The molecule has 0 amide bonds. The zero-order valence-corrected chi connectivity index (χ0v) is 12.8. The SMILES string of the molecule is CCn1nc(C)c(Cl)c1CC(=O)Cc1nc(C)cs1. The predicted molar refractivity (Wildman–Crippen MR) is 76.9 cm³/mol. The van der Waals surface area contributed by atoms with Crippen LogP contribution in [0.5, 0.6) is 0 Å². The van der Waals surface area contributed by atoms with Crippen LogP contribution in [-0.4, -0.2) is 20.5 Å². The number of carbonyl (C=O) groups is 1. The second kappa shape index (κ2) is 5.84. The van der Waals surface area contributed by atoms with E-state index in [4.69, 9.17) is 11.6 Å². The van der Waals surface area contributed by atoms with Crippen molar-refractivity contribution in [1.82, 2.24) is 14.8 Å². The number of halogens is 1. The highest BCUT2D eigenvalue weighted by atomic mass is 35.5. The molecule has 0 unspecified atom stereocenters. The normalized spacial score (nSPS) is 10.9. The molecular weight excluding hydrogens is 282 g/mol. The number of Topliss-reactive ketones (excluding diaryl/α,β-unsaturated/α-hetero) is 1. The van der Waals surface area contributed by atoms with Gasteiger partial charge in [-0.25, -0.2) is 4.98 Å². The van der Waals surface area contributed by atoms with Crippen molar-refractivity contribution in [2.45, 2.75) is 40.2 Å². The number of hydrogen-bond donors (Lipinski definition) is 0. The average Bonchev–Trinajstić information content (AvgIpc) is 2.87. The number of carbonyl (C=O) groups excluding carboxylic acids is 1. The fourth-order valence-electron chi connectivity index (χ4n) is 1.94. The van der Waals surface area contributed by atoms with Gasteiger partial charge in [0.2, 0.25) is 0 Å². The van der Waals surface area contributed by atoms with Crippen molar-refractivity contribution in [3.8, 4) is 0 Å². The van der Waals surface area contributed by atoms with Crippen LogP contribution in [0, 0.1) is 13.8 Å². The van der Waals surface area contributed by atoms with Crippen molar-refractivity contribution in [1.29, 1.82) is 0 Å². The fraction of sp³-hybridized carbons (Fsp3) is 0.462. The minimum atomic E-state index is 0.117. The molecule has 0 bridgehead atoms. The van der Waals surface area contributed by atoms with Gasteiger partial charge in [-0.05, 0) is 20.8 Å². The molecule has 0 aromatic carbocycles. The van der Waals surface area contributed by atoms with Gasteiger partial charge in [0.1, 0.15) is 10.8 Å². The summed E-state index contributed by atoms with van der Waals surface area (Å²) in [6, 6.07) is 0. The Morgan fingerprint density at radius 2 is 2.16 bits per heavy atom. The van der Waals surface area contributed by atoms with E-state index in [0.717, 1.165) is 22.1 Å². The molecule has 0 fully saturated rings. The Kier molecular flexibility index (Phi) is 4.37. The summed E-state index contributed by atoms with van der Waals surface area (Å²) in [5.74, 6) is 0.117. The standard InChI is InChI=1S/C13H16ClN3OS/c1-4-17-11(13(14)9(3)16-17)5-10(18)6-12-15-8(2)7-19-12/h7H,4-6H2,1-3H3. The maximum absolute atomic E-state index is 12.1. The van der Waals surface area contributed by atoms with Gasteiger partial charge in [0, 0.05) is 17.6 Å². The molecule has 2 aromatic rings. The Hall–Kier alpha value is -1.20. The number of thiazole rings is 1. The van der Waals surface area contributed by atoms with Gasteiger partial charge < -0.3 is 0 Å². The lowest BCUT2D eigenvalue weighted by molar-refractivity contribution is -0.117. The van der Waals surface area contributed by atoms with E-state index < -0.39 is 0 Å². The van der Waals surface area contributed by atoms with E-state index >= 15 is 0 Å². The molecule has 0 N–H and O–H groups in total. The number of aryl methyl sites for hydroxylation is 3. The first-order valence-corrected chi connectivity index (χ1v) is 7.41. The highest BCUT2D eigenvalue weighted by Crippen LogP contribution is 2.21. The molecule has 2 aromatic heterocycles. The first-order valence-electron chi connectivity index (χ1n) is 6.15. The molecule has 102 valence electrons. The summed E-state index contributed by atoms with van der Waals surface area (Å²) < 4.78 is 1.79. The minimum absolute atomic E-state index is 0.117. The van der Waals surface area contributed by atoms with Crippen molar-refractivity contribution in [2.75, 3.05) is 0 Å².